The lowest BCUT2D eigenvalue weighted by atomic mass is 10.0. The number of carbonyl (C=O) groups is 4. The van der Waals surface area contributed by atoms with Crippen molar-refractivity contribution in [3.8, 4) is 0 Å². The Morgan fingerprint density at radius 2 is 1.68 bits per heavy atom. The van der Waals surface area contributed by atoms with Gasteiger partial charge in [0.15, 0.2) is 0 Å². The SMILES string of the molecule is Cc1ccc([C@@H](C)NC(=O)CN2C(=O)C(=O)N(C(C)C)C2=O)cc1C. The van der Waals surface area contributed by atoms with E-state index in [0.717, 1.165) is 21.6 Å². The molecule has 7 heteroatoms. The average Bonchev–Trinajstić information content (AvgIpc) is 2.73. The normalized spacial score (nSPS) is 16.0. The summed E-state index contributed by atoms with van der Waals surface area (Å²) in [5.74, 6) is -2.35. The van der Waals surface area contributed by atoms with Gasteiger partial charge in [0.2, 0.25) is 5.91 Å². The van der Waals surface area contributed by atoms with Crippen molar-refractivity contribution in [3.05, 3.63) is 34.9 Å². The van der Waals surface area contributed by atoms with Crippen LogP contribution in [-0.4, -0.2) is 46.1 Å². The minimum Gasteiger partial charge on any atom is -0.348 e. The third-order valence-corrected chi connectivity index (χ3v) is 4.31. The molecule has 1 N–H and O–H groups in total. The molecule has 0 saturated carbocycles. The molecule has 0 spiro atoms. The third-order valence-electron chi connectivity index (χ3n) is 4.31. The molecule has 1 heterocycles. The van der Waals surface area contributed by atoms with Crippen LogP contribution in [0.5, 0.6) is 0 Å². The summed E-state index contributed by atoms with van der Waals surface area (Å²) in [5, 5.41) is 2.75. The number of hydrogen-bond acceptors (Lipinski definition) is 4. The van der Waals surface area contributed by atoms with Gasteiger partial charge in [-0.25, -0.2) is 9.69 Å². The van der Waals surface area contributed by atoms with E-state index in [2.05, 4.69) is 5.32 Å². The van der Waals surface area contributed by atoms with Crippen LogP contribution in [0.4, 0.5) is 4.79 Å². The van der Waals surface area contributed by atoms with Crippen LogP contribution in [0.1, 0.15) is 43.5 Å². The Hall–Kier alpha value is -2.70. The summed E-state index contributed by atoms with van der Waals surface area (Å²) in [6.07, 6.45) is 0. The van der Waals surface area contributed by atoms with Crippen molar-refractivity contribution in [1.29, 1.82) is 0 Å². The number of nitrogens with one attached hydrogen (secondary N) is 1. The van der Waals surface area contributed by atoms with E-state index in [-0.39, 0.29) is 6.04 Å². The highest BCUT2D eigenvalue weighted by atomic mass is 16.2. The molecule has 7 nitrogen and oxygen atoms in total. The van der Waals surface area contributed by atoms with Gasteiger partial charge in [-0.15, -0.1) is 0 Å². The van der Waals surface area contributed by atoms with Gasteiger partial charge in [-0.05, 0) is 51.3 Å². The zero-order valence-corrected chi connectivity index (χ0v) is 15.1. The summed E-state index contributed by atoms with van der Waals surface area (Å²) in [5.41, 5.74) is 3.19. The van der Waals surface area contributed by atoms with E-state index in [0.29, 0.717) is 4.90 Å². The number of hydrogen-bond donors (Lipinski definition) is 1. The van der Waals surface area contributed by atoms with Crippen molar-refractivity contribution < 1.29 is 19.2 Å². The Balaban J connectivity index is 2.04. The lowest BCUT2D eigenvalue weighted by molar-refractivity contribution is -0.144. The minimum absolute atomic E-state index is 0.281. The number of benzene rings is 1. The molecule has 134 valence electrons. The zero-order valence-electron chi connectivity index (χ0n) is 15.1. The van der Waals surface area contributed by atoms with Gasteiger partial charge in [0, 0.05) is 6.04 Å². The summed E-state index contributed by atoms with van der Waals surface area (Å²) in [6, 6.07) is 4.40. The monoisotopic (exact) mass is 345 g/mol. The number of aryl methyl sites for hydroxylation is 2. The smallest absolute Gasteiger partial charge is 0.334 e. The van der Waals surface area contributed by atoms with Crippen molar-refractivity contribution >= 4 is 23.8 Å². The van der Waals surface area contributed by atoms with Crippen molar-refractivity contribution in [1.82, 2.24) is 15.1 Å². The molecule has 0 unspecified atom stereocenters. The van der Waals surface area contributed by atoms with Crippen LogP contribution in [0.2, 0.25) is 0 Å². The van der Waals surface area contributed by atoms with E-state index < -0.39 is 36.3 Å². The molecule has 0 aromatic heterocycles. The number of rotatable bonds is 5. The van der Waals surface area contributed by atoms with E-state index in [1.165, 1.54) is 0 Å². The molecule has 0 radical (unpaired) electrons. The zero-order chi connectivity index (χ0) is 18.9. The maximum Gasteiger partial charge on any atom is 0.334 e. The van der Waals surface area contributed by atoms with Crippen LogP contribution >= 0.6 is 0 Å². The Labute approximate surface area is 147 Å². The molecule has 1 aromatic rings. The lowest BCUT2D eigenvalue weighted by Crippen LogP contribution is -2.43. The predicted octanol–water partition coefficient (Wildman–Crippen LogP) is 1.68. The lowest BCUT2D eigenvalue weighted by Gasteiger charge is -2.20. The maximum absolute atomic E-state index is 12.2. The number of imide groups is 2. The molecule has 1 saturated heterocycles. The highest BCUT2D eigenvalue weighted by molar-refractivity contribution is 6.45. The molecule has 5 amide bonds. The molecule has 2 rings (SSSR count). The van der Waals surface area contributed by atoms with E-state index >= 15 is 0 Å². The number of nitrogens with zero attached hydrogens (tertiary/aromatic N) is 2. The first-order chi connectivity index (χ1) is 11.6. The van der Waals surface area contributed by atoms with Gasteiger partial charge >= 0.3 is 17.8 Å². The van der Waals surface area contributed by atoms with Crippen molar-refractivity contribution in [2.45, 2.75) is 46.7 Å². The second-order valence-corrected chi connectivity index (χ2v) is 6.58. The van der Waals surface area contributed by atoms with Crippen LogP contribution in [0.3, 0.4) is 0 Å². The Kier molecular flexibility index (Phi) is 5.25. The van der Waals surface area contributed by atoms with E-state index in [9.17, 15) is 19.2 Å². The first-order valence-electron chi connectivity index (χ1n) is 8.19. The van der Waals surface area contributed by atoms with E-state index in [1.807, 2.05) is 39.0 Å². The first kappa shape index (κ1) is 18.6. The Morgan fingerprint density at radius 1 is 1.04 bits per heavy atom. The molecule has 1 aromatic carbocycles. The van der Waals surface area contributed by atoms with Crippen molar-refractivity contribution in [2.75, 3.05) is 6.54 Å². The van der Waals surface area contributed by atoms with Gasteiger partial charge in [-0.1, -0.05) is 18.2 Å². The van der Waals surface area contributed by atoms with E-state index in [4.69, 9.17) is 0 Å². The third kappa shape index (κ3) is 3.70. The van der Waals surface area contributed by atoms with Gasteiger partial charge in [0.05, 0.1) is 6.04 Å². The Bertz CT molecular complexity index is 742. The van der Waals surface area contributed by atoms with Gasteiger partial charge in [0.1, 0.15) is 6.54 Å². The highest BCUT2D eigenvalue weighted by Gasteiger charge is 2.46. The van der Waals surface area contributed by atoms with Crippen LogP contribution < -0.4 is 5.32 Å². The van der Waals surface area contributed by atoms with Crippen LogP contribution in [-0.2, 0) is 14.4 Å². The molecule has 1 fully saturated rings. The second kappa shape index (κ2) is 7.04. The van der Waals surface area contributed by atoms with Crippen molar-refractivity contribution in [3.63, 3.8) is 0 Å². The van der Waals surface area contributed by atoms with E-state index in [1.54, 1.807) is 13.8 Å². The van der Waals surface area contributed by atoms with Crippen LogP contribution in [0, 0.1) is 13.8 Å². The fourth-order valence-corrected chi connectivity index (χ4v) is 2.67. The minimum atomic E-state index is -0.965. The largest absolute Gasteiger partial charge is 0.348 e. The number of amides is 5. The molecular formula is C18H23N3O4. The van der Waals surface area contributed by atoms with Crippen LogP contribution in [0.25, 0.3) is 0 Å². The van der Waals surface area contributed by atoms with Crippen LogP contribution in [0.15, 0.2) is 18.2 Å². The molecule has 25 heavy (non-hydrogen) atoms. The fraction of sp³-hybridized carbons (Fsp3) is 0.444. The molecule has 1 aliphatic heterocycles. The molecule has 1 aliphatic rings. The maximum atomic E-state index is 12.2. The quantitative estimate of drug-likeness (QED) is 0.650. The summed E-state index contributed by atoms with van der Waals surface area (Å²) in [4.78, 5) is 49.7. The fourth-order valence-electron chi connectivity index (χ4n) is 2.67. The van der Waals surface area contributed by atoms with Gasteiger partial charge in [-0.3, -0.25) is 19.3 Å². The highest BCUT2D eigenvalue weighted by Crippen LogP contribution is 2.18. The predicted molar refractivity (Wildman–Crippen MR) is 91.6 cm³/mol. The van der Waals surface area contributed by atoms with Crippen molar-refractivity contribution in [2.24, 2.45) is 0 Å². The number of urea groups is 1. The van der Waals surface area contributed by atoms with Gasteiger partial charge in [-0.2, -0.15) is 0 Å². The summed E-state index contributed by atoms with van der Waals surface area (Å²) in [6.45, 7) is 8.61. The standard InChI is InChI=1S/C18H23N3O4/c1-10(2)21-17(24)16(23)20(18(21)25)9-15(22)19-13(5)14-7-6-11(3)12(4)8-14/h6-8,10,13H,9H2,1-5H3,(H,19,22)/t13-/m1/s1. The molecule has 1 atom stereocenters. The molecule has 0 aliphatic carbocycles. The summed E-state index contributed by atoms with van der Waals surface area (Å²) >= 11 is 0. The van der Waals surface area contributed by atoms with Gasteiger partial charge in [0.25, 0.3) is 0 Å². The molecular weight excluding hydrogens is 322 g/mol. The second-order valence-electron chi connectivity index (χ2n) is 6.58. The average molecular weight is 345 g/mol. The summed E-state index contributed by atoms with van der Waals surface area (Å²) in [7, 11) is 0. The number of carbonyl (C=O) groups excluding carboxylic acids is 4. The topological polar surface area (TPSA) is 86.8 Å². The van der Waals surface area contributed by atoms with Gasteiger partial charge < -0.3 is 5.32 Å². The summed E-state index contributed by atoms with van der Waals surface area (Å²) < 4.78 is 0. The molecule has 0 bridgehead atoms. The Morgan fingerprint density at radius 3 is 2.20 bits per heavy atom. The first-order valence-corrected chi connectivity index (χ1v) is 8.19.